The average molecular weight is 560 g/mol. The first-order chi connectivity index (χ1) is 14.0. The molecule has 170 valence electrons. The summed E-state index contributed by atoms with van der Waals surface area (Å²) >= 11 is 6.01. The summed E-state index contributed by atoms with van der Waals surface area (Å²) in [4.78, 5) is 6.47. The van der Waals surface area contributed by atoms with Gasteiger partial charge in [0.25, 0.3) is 0 Å². The Morgan fingerprint density at radius 1 is 1.33 bits per heavy atom. The number of nitrogens with zero attached hydrogens (tertiary/aromatic N) is 2. The number of halogens is 4. The molecule has 2 aliphatic heterocycles. The maximum absolute atomic E-state index is 12.6. The van der Waals surface area contributed by atoms with Gasteiger partial charge in [0.05, 0.1) is 18.8 Å². The third-order valence-corrected chi connectivity index (χ3v) is 5.41. The van der Waals surface area contributed by atoms with E-state index in [0.29, 0.717) is 23.2 Å². The lowest BCUT2D eigenvalue weighted by Crippen LogP contribution is -2.47. The first-order valence-electron chi connectivity index (χ1n) is 9.97. The highest BCUT2D eigenvalue weighted by atomic mass is 127. The molecule has 6 nitrogen and oxygen atoms in total. The molecule has 0 aliphatic carbocycles. The molecule has 10 heteroatoms. The summed E-state index contributed by atoms with van der Waals surface area (Å²) in [7, 11) is 1.71. The fraction of sp³-hybridized carbons (Fsp3) is 0.650. The zero-order valence-corrected chi connectivity index (χ0v) is 20.1. The van der Waals surface area contributed by atoms with Crippen molar-refractivity contribution in [2.75, 3.05) is 33.4 Å². The predicted octanol–water partition coefficient (Wildman–Crippen LogP) is 4.29. The molecule has 2 saturated heterocycles. The number of guanidine groups is 1. The minimum atomic E-state index is -2.89. The number of benzene rings is 1. The molecule has 2 aliphatic rings. The third-order valence-electron chi connectivity index (χ3n) is 5.17. The van der Waals surface area contributed by atoms with Gasteiger partial charge < -0.3 is 24.4 Å². The number of aliphatic imine (C=N–C) groups is 1. The number of rotatable bonds is 7. The van der Waals surface area contributed by atoms with E-state index in [-0.39, 0.29) is 48.5 Å². The van der Waals surface area contributed by atoms with Crippen LogP contribution >= 0.6 is 35.6 Å². The molecule has 1 unspecified atom stereocenters. The van der Waals surface area contributed by atoms with Crippen LogP contribution in [-0.4, -0.2) is 63.0 Å². The van der Waals surface area contributed by atoms with Crippen LogP contribution in [0.2, 0.25) is 5.02 Å². The Hall–Kier alpha value is -0.910. The Bertz CT molecular complexity index is 685. The molecule has 0 saturated carbocycles. The van der Waals surface area contributed by atoms with Gasteiger partial charge >= 0.3 is 6.61 Å². The summed E-state index contributed by atoms with van der Waals surface area (Å²) in [5.74, 6) is 0.819. The molecule has 1 aromatic rings. The van der Waals surface area contributed by atoms with Crippen molar-refractivity contribution >= 4 is 41.5 Å². The largest absolute Gasteiger partial charge is 0.434 e. The summed E-state index contributed by atoms with van der Waals surface area (Å²) in [6.45, 7) is 0.523. The van der Waals surface area contributed by atoms with E-state index in [9.17, 15) is 8.78 Å². The molecule has 1 aromatic carbocycles. The first-order valence-corrected chi connectivity index (χ1v) is 10.3. The van der Waals surface area contributed by atoms with Crippen molar-refractivity contribution in [3.8, 4) is 5.75 Å². The van der Waals surface area contributed by atoms with Gasteiger partial charge in [0.15, 0.2) is 5.96 Å². The second-order valence-corrected chi connectivity index (χ2v) is 7.62. The van der Waals surface area contributed by atoms with E-state index in [1.54, 1.807) is 13.1 Å². The van der Waals surface area contributed by atoms with Gasteiger partial charge in [-0.1, -0.05) is 11.6 Å². The number of piperidine rings is 1. The van der Waals surface area contributed by atoms with E-state index in [0.717, 1.165) is 45.4 Å². The summed E-state index contributed by atoms with van der Waals surface area (Å²) in [5, 5.41) is 3.68. The number of nitrogens with one attached hydrogen (secondary N) is 1. The van der Waals surface area contributed by atoms with Crippen LogP contribution in [0.3, 0.4) is 0 Å². The van der Waals surface area contributed by atoms with Crippen LogP contribution in [0.25, 0.3) is 0 Å². The van der Waals surface area contributed by atoms with Crippen LogP contribution in [0.15, 0.2) is 23.2 Å². The normalized spacial score (nSPS) is 20.4. The van der Waals surface area contributed by atoms with Gasteiger partial charge in [0.1, 0.15) is 5.75 Å². The van der Waals surface area contributed by atoms with Crippen LogP contribution in [0.4, 0.5) is 8.78 Å². The molecular formula is C20H29ClF2IN3O3. The van der Waals surface area contributed by atoms with E-state index < -0.39 is 6.61 Å². The zero-order valence-electron chi connectivity index (χ0n) is 17.0. The Labute approximate surface area is 198 Å². The molecule has 3 rings (SSSR count). The van der Waals surface area contributed by atoms with Crippen molar-refractivity contribution < 1.29 is 23.0 Å². The van der Waals surface area contributed by atoms with Crippen molar-refractivity contribution in [1.82, 2.24) is 10.2 Å². The molecule has 1 N–H and O–H groups in total. The quantitative estimate of drug-likeness (QED) is 0.307. The first kappa shape index (κ1) is 25.4. The van der Waals surface area contributed by atoms with Crippen molar-refractivity contribution in [1.29, 1.82) is 0 Å². The van der Waals surface area contributed by atoms with Crippen LogP contribution in [0.1, 0.15) is 31.2 Å². The monoisotopic (exact) mass is 559 g/mol. The van der Waals surface area contributed by atoms with Crippen LogP contribution in [0.5, 0.6) is 5.75 Å². The Morgan fingerprint density at radius 2 is 2.10 bits per heavy atom. The number of hydrogen-bond acceptors (Lipinski definition) is 4. The van der Waals surface area contributed by atoms with Crippen LogP contribution < -0.4 is 10.1 Å². The lowest BCUT2D eigenvalue weighted by atomic mass is 10.1. The number of hydrogen-bond donors (Lipinski definition) is 1. The summed E-state index contributed by atoms with van der Waals surface area (Å²) in [6.07, 6.45) is 4.48. The topological polar surface area (TPSA) is 55.3 Å². The molecule has 2 fully saturated rings. The zero-order chi connectivity index (χ0) is 20.6. The molecular weight excluding hydrogens is 531 g/mol. The fourth-order valence-corrected chi connectivity index (χ4v) is 3.85. The van der Waals surface area contributed by atoms with Gasteiger partial charge in [-0.25, -0.2) is 0 Å². The Balaban J connectivity index is 0.00000320. The summed E-state index contributed by atoms with van der Waals surface area (Å²) < 4.78 is 41.5. The molecule has 0 radical (unpaired) electrons. The van der Waals surface area contributed by atoms with Gasteiger partial charge in [0.2, 0.25) is 0 Å². The predicted molar refractivity (Wildman–Crippen MR) is 123 cm³/mol. The summed E-state index contributed by atoms with van der Waals surface area (Å²) in [6, 6.07) is 4.59. The van der Waals surface area contributed by atoms with E-state index in [4.69, 9.17) is 21.1 Å². The maximum Gasteiger partial charge on any atom is 0.387 e. The molecule has 30 heavy (non-hydrogen) atoms. The highest BCUT2D eigenvalue weighted by molar-refractivity contribution is 14.0. The molecule has 0 aromatic heterocycles. The van der Waals surface area contributed by atoms with E-state index in [1.807, 2.05) is 0 Å². The highest BCUT2D eigenvalue weighted by Gasteiger charge is 2.24. The smallest absolute Gasteiger partial charge is 0.387 e. The van der Waals surface area contributed by atoms with Crippen molar-refractivity contribution in [2.45, 2.75) is 51.0 Å². The third kappa shape index (κ3) is 7.65. The summed E-state index contributed by atoms with van der Waals surface area (Å²) in [5.41, 5.74) is 0.550. The van der Waals surface area contributed by atoms with E-state index in [2.05, 4.69) is 19.9 Å². The SMILES string of the molecule is CN=C(NCc1cc(Cl)ccc1OC(F)F)N1CCC(OCC2CCCO2)CC1.I. The fourth-order valence-electron chi connectivity index (χ4n) is 3.66. The number of alkyl halides is 2. The Kier molecular flexibility index (Phi) is 10.8. The molecule has 0 amide bonds. The van der Waals surface area contributed by atoms with Crippen molar-refractivity contribution in [3.05, 3.63) is 28.8 Å². The lowest BCUT2D eigenvalue weighted by Gasteiger charge is -2.34. The van der Waals surface area contributed by atoms with Gasteiger partial charge in [-0.3, -0.25) is 4.99 Å². The molecule has 0 bridgehead atoms. The number of ether oxygens (including phenoxy) is 3. The Morgan fingerprint density at radius 3 is 2.73 bits per heavy atom. The lowest BCUT2D eigenvalue weighted by molar-refractivity contribution is -0.0504. The van der Waals surface area contributed by atoms with Crippen LogP contribution in [-0.2, 0) is 16.0 Å². The van der Waals surface area contributed by atoms with Crippen molar-refractivity contribution in [2.24, 2.45) is 4.99 Å². The maximum atomic E-state index is 12.6. The number of likely N-dealkylation sites (tertiary alicyclic amines) is 1. The molecule has 1 atom stereocenters. The minimum Gasteiger partial charge on any atom is -0.434 e. The van der Waals surface area contributed by atoms with Gasteiger partial charge in [-0.05, 0) is 43.9 Å². The van der Waals surface area contributed by atoms with Crippen LogP contribution in [0, 0.1) is 0 Å². The van der Waals surface area contributed by atoms with Gasteiger partial charge in [0, 0.05) is 43.9 Å². The molecule has 0 spiro atoms. The highest BCUT2D eigenvalue weighted by Crippen LogP contribution is 2.25. The van der Waals surface area contributed by atoms with Crippen molar-refractivity contribution in [3.63, 3.8) is 0 Å². The van der Waals surface area contributed by atoms with Gasteiger partial charge in [-0.15, -0.1) is 24.0 Å². The standard InChI is InChI=1S/C20H28ClF2N3O3.HI/c1-24-20(25-12-14-11-15(21)4-5-18(14)29-19(22)23)26-8-6-16(7-9-26)28-13-17-3-2-10-27-17;/h4-5,11,16-17,19H,2-3,6-10,12-13H2,1H3,(H,24,25);1H. The minimum absolute atomic E-state index is 0. The second kappa shape index (κ2) is 12.8. The average Bonchev–Trinajstić information content (AvgIpc) is 3.23. The van der Waals surface area contributed by atoms with E-state index >= 15 is 0 Å². The molecule has 2 heterocycles. The van der Waals surface area contributed by atoms with E-state index in [1.165, 1.54) is 12.1 Å². The van der Waals surface area contributed by atoms with Gasteiger partial charge in [-0.2, -0.15) is 8.78 Å². The second-order valence-electron chi connectivity index (χ2n) is 7.19.